The molecule has 0 atom stereocenters. The van der Waals surface area contributed by atoms with E-state index in [2.05, 4.69) is 21.5 Å². The van der Waals surface area contributed by atoms with Gasteiger partial charge in [0.1, 0.15) is 5.82 Å². The third-order valence-corrected chi connectivity index (χ3v) is 4.46. The van der Waals surface area contributed by atoms with Crippen LogP contribution in [-0.4, -0.2) is 14.5 Å². The van der Waals surface area contributed by atoms with Crippen LogP contribution in [0.2, 0.25) is 0 Å². The van der Waals surface area contributed by atoms with Gasteiger partial charge in [-0.2, -0.15) is 0 Å². The topological polar surface area (TPSA) is 56.7 Å². The smallest absolute Gasteiger partial charge is 0.123 e. The fourth-order valence-electron chi connectivity index (χ4n) is 2.91. The Balaban J connectivity index is 1.88. The molecular formula is C15H20N4. The molecule has 4 nitrogen and oxygen atoms in total. The first kappa shape index (κ1) is 12.2. The van der Waals surface area contributed by atoms with Crippen molar-refractivity contribution < 1.29 is 0 Å². The van der Waals surface area contributed by atoms with E-state index in [-0.39, 0.29) is 0 Å². The molecule has 0 saturated heterocycles. The summed E-state index contributed by atoms with van der Waals surface area (Å²) in [7, 11) is 0. The minimum Gasteiger partial charge on any atom is -0.384 e. The van der Waals surface area contributed by atoms with Gasteiger partial charge in [-0.3, -0.25) is 0 Å². The van der Waals surface area contributed by atoms with E-state index in [9.17, 15) is 0 Å². The van der Waals surface area contributed by atoms with Gasteiger partial charge in [0.2, 0.25) is 0 Å². The number of hydrogen-bond acceptors (Lipinski definition) is 3. The molecule has 4 heteroatoms. The minimum absolute atomic E-state index is 0.483. The van der Waals surface area contributed by atoms with Crippen molar-refractivity contribution in [2.24, 2.45) is 5.41 Å². The van der Waals surface area contributed by atoms with Crippen molar-refractivity contribution in [2.45, 2.75) is 39.2 Å². The van der Waals surface area contributed by atoms with Crippen LogP contribution in [0.3, 0.4) is 0 Å². The third kappa shape index (κ3) is 2.23. The number of aromatic nitrogens is 3. The number of imidazole rings is 1. The second-order valence-electron chi connectivity index (χ2n) is 5.59. The molecule has 0 aromatic carbocycles. The normalized spacial score (nSPS) is 17.1. The molecule has 0 unspecified atom stereocenters. The summed E-state index contributed by atoms with van der Waals surface area (Å²) in [4.78, 5) is 8.47. The third-order valence-electron chi connectivity index (χ3n) is 4.46. The molecule has 2 aromatic heterocycles. The molecular weight excluding hydrogens is 236 g/mol. The molecule has 1 aliphatic rings. The van der Waals surface area contributed by atoms with Crippen molar-refractivity contribution in [3.8, 4) is 11.3 Å². The van der Waals surface area contributed by atoms with Gasteiger partial charge in [0.15, 0.2) is 0 Å². The van der Waals surface area contributed by atoms with E-state index in [4.69, 9.17) is 5.73 Å². The Morgan fingerprint density at radius 1 is 1.32 bits per heavy atom. The first-order chi connectivity index (χ1) is 9.22. The second-order valence-corrected chi connectivity index (χ2v) is 5.59. The molecule has 1 fully saturated rings. The first-order valence-electron chi connectivity index (χ1n) is 6.94. The zero-order chi connectivity index (χ0) is 13.3. The van der Waals surface area contributed by atoms with Crippen molar-refractivity contribution in [2.75, 3.05) is 5.73 Å². The number of pyridine rings is 1. The van der Waals surface area contributed by atoms with Crippen molar-refractivity contribution in [3.63, 3.8) is 0 Å². The number of nitrogens with two attached hydrogens (primary N) is 1. The maximum Gasteiger partial charge on any atom is 0.123 e. The molecule has 2 N–H and O–H groups in total. The van der Waals surface area contributed by atoms with Crippen LogP contribution in [0.1, 0.15) is 32.6 Å². The molecule has 0 amide bonds. The van der Waals surface area contributed by atoms with Crippen LogP contribution in [0.4, 0.5) is 5.82 Å². The lowest BCUT2D eigenvalue weighted by Gasteiger charge is -2.41. The van der Waals surface area contributed by atoms with Crippen molar-refractivity contribution in [3.05, 3.63) is 30.9 Å². The van der Waals surface area contributed by atoms with E-state index in [1.54, 1.807) is 0 Å². The molecule has 100 valence electrons. The predicted octanol–water partition coefficient (Wildman–Crippen LogP) is 3.11. The highest BCUT2D eigenvalue weighted by Crippen LogP contribution is 2.45. The van der Waals surface area contributed by atoms with Gasteiger partial charge < -0.3 is 10.3 Å². The van der Waals surface area contributed by atoms with E-state index in [1.807, 2.05) is 30.9 Å². The standard InChI is InChI=1S/C15H20N4/c1-2-15(6-3-7-15)10-19-11-17-9-13(19)12-4-5-14(16)18-8-12/h4-5,8-9,11H,2-3,6-7,10H2,1H3,(H2,16,18). The largest absolute Gasteiger partial charge is 0.384 e. The van der Waals surface area contributed by atoms with Crippen LogP contribution < -0.4 is 5.73 Å². The SMILES string of the molecule is CCC1(Cn2cncc2-c2ccc(N)nc2)CCC1. The molecule has 1 aliphatic carbocycles. The van der Waals surface area contributed by atoms with E-state index in [1.165, 1.54) is 25.7 Å². The number of rotatable bonds is 4. The monoisotopic (exact) mass is 256 g/mol. The van der Waals surface area contributed by atoms with Gasteiger partial charge in [0.25, 0.3) is 0 Å². The summed E-state index contributed by atoms with van der Waals surface area (Å²) in [5.74, 6) is 0.554. The molecule has 0 radical (unpaired) electrons. The van der Waals surface area contributed by atoms with Crippen LogP contribution in [0, 0.1) is 5.41 Å². The van der Waals surface area contributed by atoms with Gasteiger partial charge in [0.05, 0.1) is 18.2 Å². The van der Waals surface area contributed by atoms with Gasteiger partial charge in [-0.25, -0.2) is 9.97 Å². The minimum atomic E-state index is 0.483. The number of nitrogens with zero attached hydrogens (tertiary/aromatic N) is 3. The molecule has 0 bridgehead atoms. The first-order valence-corrected chi connectivity index (χ1v) is 6.94. The van der Waals surface area contributed by atoms with Crippen LogP contribution in [-0.2, 0) is 6.54 Å². The Kier molecular flexibility index (Phi) is 3.01. The van der Waals surface area contributed by atoms with Gasteiger partial charge in [-0.1, -0.05) is 13.3 Å². The van der Waals surface area contributed by atoms with Crippen LogP contribution in [0.5, 0.6) is 0 Å². The van der Waals surface area contributed by atoms with E-state index in [0.717, 1.165) is 17.8 Å². The number of nitrogen functional groups attached to an aromatic ring is 1. The quantitative estimate of drug-likeness (QED) is 0.914. The molecule has 2 aromatic rings. The summed E-state index contributed by atoms with van der Waals surface area (Å²) in [6, 6.07) is 3.85. The molecule has 0 spiro atoms. The Morgan fingerprint density at radius 3 is 2.74 bits per heavy atom. The Labute approximate surface area is 113 Å². The van der Waals surface area contributed by atoms with Crippen LogP contribution in [0.25, 0.3) is 11.3 Å². The highest BCUT2D eigenvalue weighted by atomic mass is 15.1. The molecule has 3 rings (SSSR count). The van der Waals surface area contributed by atoms with Gasteiger partial charge in [0, 0.05) is 18.3 Å². The average Bonchev–Trinajstić information content (AvgIpc) is 2.83. The maximum absolute atomic E-state index is 5.64. The van der Waals surface area contributed by atoms with Gasteiger partial charge in [-0.05, 0) is 36.8 Å². The van der Waals surface area contributed by atoms with Gasteiger partial charge in [-0.15, -0.1) is 0 Å². The molecule has 1 saturated carbocycles. The Bertz CT molecular complexity index is 546. The van der Waals surface area contributed by atoms with Gasteiger partial charge >= 0.3 is 0 Å². The molecule has 2 heterocycles. The highest BCUT2D eigenvalue weighted by Gasteiger charge is 2.35. The van der Waals surface area contributed by atoms with Crippen molar-refractivity contribution in [1.29, 1.82) is 0 Å². The van der Waals surface area contributed by atoms with E-state index in [0.29, 0.717) is 11.2 Å². The van der Waals surface area contributed by atoms with Crippen LogP contribution >= 0.6 is 0 Å². The zero-order valence-corrected chi connectivity index (χ0v) is 11.3. The number of hydrogen-bond donors (Lipinski definition) is 1. The summed E-state index contributed by atoms with van der Waals surface area (Å²) in [6.07, 6.45) is 10.9. The molecule has 0 aliphatic heterocycles. The fourth-order valence-corrected chi connectivity index (χ4v) is 2.91. The Morgan fingerprint density at radius 2 is 2.16 bits per heavy atom. The summed E-state index contributed by atoms with van der Waals surface area (Å²) in [5, 5.41) is 0. The predicted molar refractivity (Wildman–Crippen MR) is 76.4 cm³/mol. The number of anilines is 1. The van der Waals surface area contributed by atoms with E-state index < -0.39 is 0 Å². The lowest BCUT2D eigenvalue weighted by molar-refractivity contribution is 0.101. The lowest BCUT2D eigenvalue weighted by atomic mass is 9.67. The van der Waals surface area contributed by atoms with E-state index >= 15 is 0 Å². The summed E-state index contributed by atoms with van der Waals surface area (Å²) in [6.45, 7) is 3.35. The summed E-state index contributed by atoms with van der Waals surface area (Å²) < 4.78 is 2.26. The Hall–Kier alpha value is -1.84. The second kappa shape index (κ2) is 4.68. The molecule has 19 heavy (non-hydrogen) atoms. The maximum atomic E-state index is 5.64. The average molecular weight is 256 g/mol. The zero-order valence-electron chi connectivity index (χ0n) is 11.3. The summed E-state index contributed by atoms with van der Waals surface area (Å²) in [5.41, 5.74) is 8.33. The van der Waals surface area contributed by atoms with Crippen LogP contribution in [0.15, 0.2) is 30.9 Å². The highest BCUT2D eigenvalue weighted by molar-refractivity contribution is 5.59. The lowest BCUT2D eigenvalue weighted by Crippen LogP contribution is -2.33. The summed E-state index contributed by atoms with van der Waals surface area (Å²) >= 11 is 0. The van der Waals surface area contributed by atoms with Crippen molar-refractivity contribution >= 4 is 5.82 Å². The van der Waals surface area contributed by atoms with Crippen molar-refractivity contribution in [1.82, 2.24) is 14.5 Å². The fraction of sp³-hybridized carbons (Fsp3) is 0.467.